The number of rotatable bonds is 5. The first kappa shape index (κ1) is 17.1. The maximum atomic E-state index is 12.3. The fourth-order valence-electron chi connectivity index (χ4n) is 3.04. The lowest BCUT2D eigenvalue weighted by Gasteiger charge is -2.32. The first-order chi connectivity index (χ1) is 12.2. The molecule has 1 amide bonds. The number of furan rings is 1. The molecule has 1 aliphatic heterocycles. The predicted octanol–water partition coefficient (Wildman–Crippen LogP) is 2.71. The Kier molecular flexibility index (Phi) is 5.38. The van der Waals surface area contributed by atoms with Gasteiger partial charge >= 0.3 is 5.97 Å². The van der Waals surface area contributed by atoms with Crippen molar-refractivity contribution in [3.8, 4) is 0 Å². The minimum absolute atomic E-state index is 0.0206. The van der Waals surface area contributed by atoms with Crippen LogP contribution in [-0.4, -0.2) is 43.0 Å². The van der Waals surface area contributed by atoms with Gasteiger partial charge in [0, 0.05) is 24.8 Å². The quantitative estimate of drug-likeness (QED) is 0.846. The lowest BCUT2D eigenvalue weighted by molar-refractivity contribution is -0.139. The molecule has 0 saturated carbocycles. The average Bonchev–Trinajstić information content (AvgIpc) is 3.16. The molecule has 0 atom stereocenters. The Balaban J connectivity index is 1.53. The van der Waals surface area contributed by atoms with E-state index in [9.17, 15) is 9.59 Å². The molecule has 0 unspecified atom stereocenters. The van der Waals surface area contributed by atoms with Crippen LogP contribution in [0.4, 0.5) is 5.69 Å². The molecule has 1 N–H and O–H groups in total. The van der Waals surface area contributed by atoms with Gasteiger partial charge < -0.3 is 19.4 Å². The van der Waals surface area contributed by atoms with E-state index in [1.807, 2.05) is 29.2 Å². The van der Waals surface area contributed by atoms with Gasteiger partial charge in [-0.15, -0.1) is 0 Å². The number of hydrogen-bond acceptors (Lipinski definition) is 5. The van der Waals surface area contributed by atoms with Crippen molar-refractivity contribution >= 4 is 17.6 Å². The van der Waals surface area contributed by atoms with Crippen molar-refractivity contribution in [2.75, 3.05) is 25.5 Å². The summed E-state index contributed by atoms with van der Waals surface area (Å²) in [5.41, 5.74) is 2.51. The highest BCUT2D eigenvalue weighted by molar-refractivity contribution is 5.93. The zero-order valence-electron chi connectivity index (χ0n) is 14.2. The number of carbonyl (C=O) groups excluding carboxylic acids is 2. The number of piperidine rings is 1. The van der Waals surface area contributed by atoms with E-state index in [0.29, 0.717) is 24.7 Å². The fraction of sp³-hybridized carbons (Fsp3) is 0.368. The number of esters is 1. The monoisotopic (exact) mass is 342 g/mol. The number of nitrogens with zero attached hydrogens (tertiary/aromatic N) is 1. The predicted molar refractivity (Wildman–Crippen MR) is 93.4 cm³/mol. The SMILES string of the molecule is COC(=O)Cc1cccc(NC2CCN(C(=O)c3ccoc3)CC2)c1. The molecular formula is C19H22N2O4. The van der Waals surface area contributed by atoms with Crippen molar-refractivity contribution in [1.29, 1.82) is 0 Å². The molecule has 0 aliphatic carbocycles. The van der Waals surface area contributed by atoms with Crippen LogP contribution in [0, 0.1) is 0 Å². The fourth-order valence-corrected chi connectivity index (χ4v) is 3.04. The zero-order chi connectivity index (χ0) is 17.6. The van der Waals surface area contributed by atoms with E-state index < -0.39 is 0 Å². The van der Waals surface area contributed by atoms with Crippen LogP contribution in [0.5, 0.6) is 0 Å². The highest BCUT2D eigenvalue weighted by Crippen LogP contribution is 2.19. The standard InChI is InChI=1S/C19H22N2O4/c1-24-18(22)12-14-3-2-4-17(11-14)20-16-5-8-21(9-6-16)19(23)15-7-10-25-13-15/h2-4,7,10-11,13,16,20H,5-6,8-9,12H2,1H3. The second kappa shape index (κ2) is 7.88. The van der Waals surface area contributed by atoms with E-state index in [0.717, 1.165) is 24.1 Å². The second-order valence-electron chi connectivity index (χ2n) is 6.18. The third-order valence-corrected chi connectivity index (χ3v) is 4.42. The lowest BCUT2D eigenvalue weighted by atomic mass is 10.0. The first-order valence-electron chi connectivity index (χ1n) is 8.39. The van der Waals surface area contributed by atoms with Crippen molar-refractivity contribution in [2.45, 2.75) is 25.3 Å². The third kappa shape index (κ3) is 4.41. The zero-order valence-corrected chi connectivity index (χ0v) is 14.2. The third-order valence-electron chi connectivity index (χ3n) is 4.42. The Morgan fingerprint density at radius 2 is 2.08 bits per heavy atom. The highest BCUT2D eigenvalue weighted by Gasteiger charge is 2.24. The molecule has 2 aromatic rings. The number of ether oxygens (including phenoxy) is 1. The van der Waals surface area contributed by atoms with Gasteiger partial charge in [0.1, 0.15) is 6.26 Å². The molecule has 2 heterocycles. The van der Waals surface area contributed by atoms with Gasteiger partial charge in [0.05, 0.1) is 25.4 Å². The van der Waals surface area contributed by atoms with Crippen LogP contribution in [0.2, 0.25) is 0 Å². The molecular weight excluding hydrogens is 320 g/mol. The van der Waals surface area contributed by atoms with Crippen LogP contribution in [0.25, 0.3) is 0 Å². The Bertz CT molecular complexity index is 719. The van der Waals surface area contributed by atoms with Gasteiger partial charge in [-0.2, -0.15) is 0 Å². The number of nitrogens with one attached hydrogen (secondary N) is 1. The molecule has 0 spiro atoms. The summed E-state index contributed by atoms with van der Waals surface area (Å²) in [5.74, 6) is -0.226. The van der Waals surface area contributed by atoms with Gasteiger partial charge in [-0.05, 0) is 36.6 Å². The van der Waals surface area contributed by atoms with Crippen molar-refractivity contribution in [3.63, 3.8) is 0 Å². The summed E-state index contributed by atoms with van der Waals surface area (Å²) in [6.45, 7) is 1.42. The number of anilines is 1. The molecule has 6 nitrogen and oxygen atoms in total. The summed E-state index contributed by atoms with van der Waals surface area (Å²) in [5, 5.41) is 3.50. The van der Waals surface area contributed by atoms with E-state index in [1.54, 1.807) is 6.07 Å². The Morgan fingerprint density at radius 3 is 2.76 bits per heavy atom. The van der Waals surface area contributed by atoms with Crippen molar-refractivity contribution in [3.05, 3.63) is 54.0 Å². The number of carbonyl (C=O) groups is 2. The van der Waals surface area contributed by atoms with Crippen LogP contribution in [0.1, 0.15) is 28.8 Å². The van der Waals surface area contributed by atoms with Gasteiger partial charge in [0.25, 0.3) is 5.91 Å². The van der Waals surface area contributed by atoms with Crippen LogP contribution in [0.3, 0.4) is 0 Å². The number of amides is 1. The molecule has 0 bridgehead atoms. The van der Waals surface area contributed by atoms with E-state index in [-0.39, 0.29) is 18.3 Å². The number of hydrogen-bond donors (Lipinski definition) is 1. The van der Waals surface area contributed by atoms with Gasteiger partial charge in [-0.25, -0.2) is 0 Å². The van der Waals surface area contributed by atoms with Gasteiger partial charge in [-0.3, -0.25) is 9.59 Å². The van der Waals surface area contributed by atoms with Gasteiger partial charge in [0.2, 0.25) is 0 Å². The molecule has 1 aliphatic rings. The van der Waals surface area contributed by atoms with Crippen molar-refractivity contribution in [2.24, 2.45) is 0 Å². The van der Waals surface area contributed by atoms with Crippen LogP contribution >= 0.6 is 0 Å². The minimum Gasteiger partial charge on any atom is -0.472 e. The largest absolute Gasteiger partial charge is 0.472 e. The van der Waals surface area contributed by atoms with E-state index >= 15 is 0 Å². The van der Waals surface area contributed by atoms with Gasteiger partial charge in [-0.1, -0.05) is 12.1 Å². The molecule has 1 fully saturated rings. The van der Waals surface area contributed by atoms with Gasteiger partial charge in [0.15, 0.2) is 0 Å². The Labute approximate surface area is 146 Å². The number of methoxy groups -OCH3 is 1. The maximum absolute atomic E-state index is 12.3. The number of benzene rings is 1. The molecule has 6 heteroatoms. The van der Waals surface area contributed by atoms with E-state index in [2.05, 4.69) is 5.32 Å². The van der Waals surface area contributed by atoms with E-state index in [1.165, 1.54) is 19.6 Å². The normalized spacial score (nSPS) is 15.0. The van der Waals surface area contributed by atoms with Crippen LogP contribution in [-0.2, 0) is 16.0 Å². The maximum Gasteiger partial charge on any atom is 0.309 e. The molecule has 25 heavy (non-hydrogen) atoms. The topological polar surface area (TPSA) is 71.8 Å². The molecule has 132 valence electrons. The van der Waals surface area contributed by atoms with Crippen LogP contribution in [0.15, 0.2) is 47.3 Å². The summed E-state index contributed by atoms with van der Waals surface area (Å²) in [4.78, 5) is 25.6. The molecule has 3 rings (SSSR count). The highest BCUT2D eigenvalue weighted by atomic mass is 16.5. The second-order valence-corrected chi connectivity index (χ2v) is 6.18. The first-order valence-corrected chi connectivity index (χ1v) is 8.39. The van der Waals surface area contributed by atoms with Crippen molar-refractivity contribution in [1.82, 2.24) is 4.90 Å². The number of likely N-dealkylation sites (tertiary alicyclic amines) is 1. The smallest absolute Gasteiger partial charge is 0.309 e. The summed E-state index contributed by atoms with van der Waals surface area (Å²) in [6, 6.07) is 9.80. The average molecular weight is 342 g/mol. The van der Waals surface area contributed by atoms with E-state index in [4.69, 9.17) is 9.15 Å². The Morgan fingerprint density at radius 1 is 1.28 bits per heavy atom. The molecule has 1 aromatic carbocycles. The summed E-state index contributed by atoms with van der Waals surface area (Å²) >= 11 is 0. The van der Waals surface area contributed by atoms with Crippen molar-refractivity contribution < 1.29 is 18.7 Å². The lowest BCUT2D eigenvalue weighted by Crippen LogP contribution is -2.42. The summed E-state index contributed by atoms with van der Waals surface area (Å²) < 4.78 is 9.69. The van der Waals surface area contributed by atoms with Crippen LogP contribution < -0.4 is 5.32 Å². The summed E-state index contributed by atoms with van der Waals surface area (Å²) in [6.07, 6.45) is 5.03. The minimum atomic E-state index is -0.247. The summed E-state index contributed by atoms with van der Waals surface area (Å²) in [7, 11) is 1.39. The Hall–Kier alpha value is -2.76. The molecule has 1 aromatic heterocycles. The molecule has 1 saturated heterocycles. The molecule has 0 radical (unpaired) electrons.